The van der Waals surface area contributed by atoms with E-state index in [4.69, 9.17) is 5.73 Å². The summed E-state index contributed by atoms with van der Waals surface area (Å²) in [5.41, 5.74) is 5.14. The fraction of sp³-hybridized carbons (Fsp3) is 0.857. The first kappa shape index (κ1) is 8.49. The van der Waals surface area contributed by atoms with Crippen molar-refractivity contribution in [2.45, 2.75) is 13.0 Å². The van der Waals surface area contributed by atoms with Crippen molar-refractivity contribution in [3.05, 3.63) is 0 Å². The van der Waals surface area contributed by atoms with Crippen molar-refractivity contribution >= 4 is 5.91 Å². The molecule has 1 amide bonds. The zero-order valence-electron chi connectivity index (χ0n) is 6.71. The van der Waals surface area contributed by atoms with Crippen molar-refractivity contribution < 1.29 is 4.79 Å². The molecule has 0 aromatic rings. The Hall–Kier alpha value is -0.610. The minimum Gasteiger partial charge on any atom is -0.369 e. The first-order valence-corrected chi connectivity index (χ1v) is 3.88. The van der Waals surface area contributed by atoms with Crippen molar-refractivity contribution in [1.29, 1.82) is 0 Å². The van der Waals surface area contributed by atoms with Crippen LogP contribution in [0.25, 0.3) is 0 Å². The van der Waals surface area contributed by atoms with Crippen LogP contribution in [0.3, 0.4) is 0 Å². The summed E-state index contributed by atoms with van der Waals surface area (Å²) in [4.78, 5) is 10.7. The van der Waals surface area contributed by atoms with E-state index < -0.39 is 0 Å². The highest BCUT2D eigenvalue weighted by Gasteiger charge is 2.23. The molecule has 1 radical (unpaired) electrons. The van der Waals surface area contributed by atoms with Gasteiger partial charge in [0.15, 0.2) is 0 Å². The van der Waals surface area contributed by atoms with Gasteiger partial charge in [-0.2, -0.15) is 0 Å². The fourth-order valence-corrected chi connectivity index (χ4v) is 1.15. The van der Waals surface area contributed by atoms with Gasteiger partial charge in [0, 0.05) is 25.7 Å². The molecule has 0 spiro atoms. The second-order valence-corrected chi connectivity index (χ2v) is 2.87. The van der Waals surface area contributed by atoms with Gasteiger partial charge in [0.25, 0.3) is 0 Å². The molecule has 2 atom stereocenters. The maximum Gasteiger partial charge on any atom is 0.221 e. The molecule has 1 fully saturated rings. The lowest BCUT2D eigenvalue weighted by atomic mass is 10.0. The van der Waals surface area contributed by atoms with Crippen LogP contribution in [0, 0.1) is 5.92 Å². The number of primary amides is 1. The third-order valence-electron chi connectivity index (χ3n) is 2.03. The Bertz CT molecular complexity index is 143. The predicted octanol–water partition coefficient (Wildman–Crippen LogP) is -1.32. The molecule has 4 nitrogen and oxygen atoms in total. The van der Waals surface area contributed by atoms with Crippen molar-refractivity contribution in [2.75, 3.05) is 19.6 Å². The van der Waals surface area contributed by atoms with E-state index in [2.05, 4.69) is 10.6 Å². The zero-order valence-corrected chi connectivity index (χ0v) is 6.71. The predicted molar refractivity (Wildman–Crippen MR) is 42.0 cm³/mol. The average Bonchev–Trinajstić information content (AvgIpc) is 2.05. The molecule has 0 aliphatic carbocycles. The number of carbonyl (C=O) groups excluding carboxylic acids is 1. The highest BCUT2D eigenvalue weighted by molar-refractivity contribution is 5.77. The lowest BCUT2D eigenvalue weighted by Crippen LogP contribution is -2.50. The molecule has 0 saturated carbocycles. The summed E-state index contributed by atoms with van der Waals surface area (Å²) in [5, 5.41) is 7.46. The van der Waals surface area contributed by atoms with E-state index in [1.165, 1.54) is 0 Å². The summed E-state index contributed by atoms with van der Waals surface area (Å²) in [7, 11) is 0. The number of nitrogens with zero attached hydrogens (tertiary/aromatic N) is 1. The number of piperazine rings is 1. The second kappa shape index (κ2) is 3.69. The highest BCUT2D eigenvalue weighted by atomic mass is 16.1. The smallest absolute Gasteiger partial charge is 0.221 e. The van der Waals surface area contributed by atoms with Gasteiger partial charge in [-0.3, -0.25) is 4.79 Å². The van der Waals surface area contributed by atoms with Crippen LogP contribution in [-0.4, -0.2) is 31.6 Å². The third kappa shape index (κ3) is 2.17. The molecule has 1 aliphatic heterocycles. The Balaban J connectivity index is 2.38. The van der Waals surface area contributed by atoms with Crippen molar-refractivity contribution in [3.8, 4) is 0 Å². The molecular formula is C7H14N3O. The molecule has 0 aromatic carbocycles. The molecule has 11 heavy (non-hydrogen) atoms. The van der Waals surface area contributed by atoms with Gasteiger partial charge in [0.2, 0.25) is 5.91 Å². The lowest BCUT2D eigenvalue weighted by Gasteiger charge is -2.25. The Morgan fingerprint density at radius 3 is 3.00 bits per heavy atom. The van der Waals surface area contributed by atoms with E-state index >= 15 is 0 Å². The Labute approximate surface area is 66.5 Å². The highest BCUT2D eigenvalue weighted by Crippen LogP contribution is 2.03. The summed E-state index contributed by atoms with van der Waals surface area (Å²) < 4.78 is 0. The van der Waals surface area contributed by atoms with Gasteiger partial charge in [-0.15, -0.1) is 0 Å². The first-order chi connectivity index (χ1) is 5.22. The van der Waals surface area contributed by atoms with Crippen LogP contribution in [-0.2, 0) is 4.79 Å². The van der Waals surface area contributed by atoms with E-state index in [0.717, 1.165) is 19.6 Å². The van der Waals surface area contributed by atoms with Gasteiger partial charge in [-0.1, -0.05) is 6.92 Å². The van der Waals surface area contributed by atoms with Crippen molar-refractivity contribution in [2.24, 2.45) is 11.7 Å². The van der Waals surface area contributed by atoms with Gasteiger partial charge in [0.1, 0.15) is 0 Å². The monoisotopic (exact) mass is 156 g/mol. The Morgan fingerprint density at radius 2 is 2.55 bits per heavy atom. The topological polar surface area (TPSA) is 69.2 Å². The molecule has 4 heteroatoms. The molecule has 0 bridgehead atoms. The molecule has 1 rings (SSSR count). The van der Waals surface area contributed by atoms with E-state index in [0.29, 0.717) is 0 Å². The molecule has 1 saturated heterocycles. The van der Waals surface area contributed by atoms with Gasteiger partial charge >= 0.3 is 0 Å². The number of nitrogens with one attached hydrogen (secondary N) is 1. The number of hydrogen-bond acceptors (Lipinski definition) is 2. The van der Waals surface area contributed by atoms with Gasteiger partial charge < -0.3 is 11.1 Å². The Kier molecular flexibility index (Phi) is 2.84. The SMILES string of the molecule is CC(C(N)=O)C1CNCC[N]1. The zero-order chi connectivity index (χ0) is 8.27. The van der Waals surface area contributed by atoms with E-state index in [9.17, 15) is 4.79 Å². The van der Waals surface area contributed by atoms with E-state index in [1.54, 1.807) is 0 Å². The van der Waals surface area contributed by atoms with Gasteiger partial charge in [0.05, 0.1) is 5.92 Å². The van der Waals surface area contributed by atoms with Crippen LogP contribution in [0.4, 0.5) is 0 Å². The maximum absolute atomic E-state index is 10.7. The summed E-state index contributed by atoms with van der Waals surface area (Å²) in [6, 6.07) is 0.0845. The second-order valence-electron chi connectivity index (χ2n) is 2.87. The van der Waals surface area contributed by atoms with Crippen molar-refractivity contribution in [1.82, 2.24) is 10.6 Å². The largest absolute Gasteiger partial charge is 0.369 e. The average molecular weight is 156 g/mol. The summed E-state index contributed by atoms with van der Waals surface area (Å²) in [6.45, 7) is 4.32. The molecule has 1 aliphatic rings. The minimum absolute atomic E-state index is 0.0845. The number of amides is 1. The third-order valence-corrected chi connectivity index (χ3v) is 2.03. The number of rotatable bonds is 2. The van der Waals surface area contributed by atoms with Gasteiger partial charge in [-0.25, -0.2) is 5.32 Å². The number of nitrogens with two attached hydrogens (primary N) is 1. The van der Waals surface area contributed by atoms with Crippen molar-refractivity contribution in [3.63, 3.8) is 0 Å². The van der Waals surface area contributed by atoms with E-state index in [-0.39, 0.29) is 17.9 Å². The fourth-order valence-electron chi connectivity index (χ4n) is 1.15. The van der Waals surface area contributed by atoms with Crippen LogP contribution < -0.4 is 16.4 Å². The summed E-state index contributed by atoms with van der Waals surface area (Å²) >= 11 is 0. The lowest BCUT2D eigenvalue weighted by molar-refractivity contribution is -0.122. The van der Waals surface area contributed by atoms with Crippen LogP contribution in [0.5, 0.6) is 0 Å². The van der Waals surface area contributed by atoms with Crippen LogP contribution >= 0.6 is 0 Å². The molecule has 2 unspecified atom stereocenters. The van der Waals surface area contributed by atoms with E-state index in [1.807, 2.05) is 6.92 Å². The molecular weight excluding hydrogens is 142 g/mol. The van der Waals surface area contributed by atoms with Crippen LogP contribution in [0.2, 0.25) is 0 Å². The van der Waals surface area contributed by atoms with Crippen LogP contribution in [0.15, 0.2) is 0 Å². The molecule has 1 heterocycles. The molecule has 63 valence electrons. The minimum atomic E-state index is -0.262. The summed E-state index contributed by atoms with van der Waals surface area (Å²) in [6.07, 6.45) is 0. The first-order valence-electron chi connectivity index (χ1n) is 3.88. The maximum atomic E-state index is 10.7. The summed E-state index contributed by atoms with van der Waals surface area (Å²) in [5.74, 6) is -0.398. The Morgan fingerprint density at radius 1 is 1.82 bits per heavy atom. The number of carbonyl (C=O) groups is 1. The standard InChI is InChI=1S/C7H14N3O/c1-5(7(8)11)6-4-9-2-3-10-6/h5-6,9H,2-4H2,1H3,(H2,8,11). The van der Waals surface area contributed by atoms with Gasteiger partial charge in [-0.05, 0) is 0 Å². The molecule has 0 aromatic heterocycles. The van der Waals surface area contributed by atoms with Crippen LogP contribution in [0.1, 0.15) is 6.92 Å². The number of hydrogen-bond donors (Lipinski definition) is 2. The quantitative estimate of drug-likeness (QED) is 0.521. The molecule has 3 N–H and O–H groups in total. The normalized spacial score (nSPS) is 27.9.